The summed E-state index contributed by atoms with van der Waals surface area (Å²) in [7, 11) is 1.75. The SMILES string of the molecule is CNc1ncc(-c2nc3ccc(C(C)(F)F)cn3n2)c2cc(NC(=O)C3CC3)ncc12. The Morgan fingerprint density at radius 1 is 1.19 bits per heavy atom. The average molecular weight is 423 g/mol. The highest BCUT2D eigenvalue weighted by Crippen LogP contribution is 2.33. The molecule has 0 saturated heterocycles. The Morgan fingerprint density at radius 3 is 2.71 bits per heavy atom. The van der Waals surface area contributed by atoms with Crippen LogP contribution in [0.5, 0.6) is 0 Å². The fraction of sp³-hybridized carbons (Fsp3) is 0.286. The summed E-state index contributed by atoms with van der Waals surface area (Å²) >= 11 is 0. The molecule has 8 nitrogen and oxygen atoms in total. The number of hydrogen-bond acceptors (Lipinski definition) is 6. The molecule has 1 aliphatic rings. The molecular weight excluding hydrogens is 404 g/mol. The van der Waals surface area contributed by atoms with Gasteiger partial charge in [0.1, 0.15) is 11.6 Å². The Labute approximate surface area is 175 Å². The van der Waals surface area contributed by atoms with Gasteiger partial charge in [-0.15, -0.1) is 5.10 Å². The molecule has 1 fully saturated rings. The highest BCUT2D eigenvalue weighted by atomic mass is 19.3. The van der Waals surface area contributed by atoms with Crippen LogP contribution in [0, 0.1) is 5.92 Å². The Bertz CT molecular complexity index is 1320. The van der Waals surface area contributed by atoms with E-state index in [0.717, 1.165) is 30.5 Å². The van der Waals surface area contributed by atoms with E-state index < -0.39 is 5.92 Å². The van der Waals surface area contributed by atoms with Gasteiger partial charge in [-0.05, 0) is 31.0 Å². The lowest BCUT2D eigenvalue weighted by Crippen LogP contribution is -2.14. The topological polar surface area (TPSA) is 97.1 Å². The molecule has 2 N–H and O–H groups in total. The molecule has 4 aromatic rings. The third-order valence-electron chi connectivity index (χ3n) is 5.29. The smallest absolute Gasteiger partial charge is 0.272 e. The lowest BCUT2D eigenvalue weighted by atomic mass is 10.1. The summed E-state index contributed by atoms with van der Waals surface area (Å²) in [6.45, 7) is 0.838. The van der Waals surface area contributed by atoms with Crippen molar-refractivity contribution in [3.63, 3.8) is 0 Å². The van der Waals surface area contributed by atoms with Gasteiger partial charge < -0.3 is 10.6 Å². The predicted molar refractivity (Wildman–Crippen MR) is 112 cm³/mol. The first-order valence-corrected chi connectivity index (χ1v) is 9.86. The first-order valence-electron chi connectivity index (χ1n) is 9.86. The first kappa shape index (κ1) is 19.3. The molecule has 5 rings (SSSR count). The lowest BCUT2D eigenvalue weighted by molar-refractivity contribution is -0.117. The Balaban J connectivity index is 1.63. The maximum absolute atomic E-state index is 13.7. The van der Waals surface area contributed by atoms with Crippen molar-refractivity contribution in [3.05, 3.63) is 42.4 Å². The van der Waals surface area contributed by atoms with E-state index in [9.17, 15) is 13.6 Å². The van der Waals surface area contributed by atoms with E-state index in [0.29, 0.717) is 28.7 Å². The zero-order chi connectivity index (χ0) is 21.8. The maximum Gasteiger partial charge on any atom is 0.272 e. The third kappa shape index (κ3) is 3.54. The van der Waals surface area contributed by atoms with Gasteiger partial charge in [0.2, 0.25) is 5.91 Å². The number of amides is 1. The predicted octanol–water partition coefficient (Wildman–Crippen LogP) is 3.84. The summed E-state index contributed by atoms with van der Waals surface area (Å²) in [5, 5.41) is 11.7. The number of rotatable bonds is 5. The van der Waals surface area contributed by atoms with Gasteiger partial charge in [-0.3, -0.25) is 4.79 Å². The molecule has 0 aliphatic heterocycles. The molecule has 0 bridgehead atoms. The fourth-order valence-electron chi connectivity index (χ4n) is 3.41. The number of fused-ring (bicyclic) bond motifs is 2. The van der Waals surface area contributed by atoms with E-state index in [1.807, 2.05) is 0 Å². The summed E-state index contributed by atoms with van der Waals surface area (Å²) in [5.41, 5.74) is 0.885. The quantitative estimate of drug-likeness (QED) is 0.506. The number of anilines is 2. The van der Waals surface area contributed by atoms with Gasteiger partial charge in [-0.1, -0.05) is 0 Å². The maximum atomic E-state index is 13.7. The summed E-state index contributed by atoms with van der Waals surface area (Å²) in [6.07, 6.45) is 6.30. The second kappa shape index (κ2) is 6.93. The minimum absolute atomic E-state index is 0.0461. The second-order valence-electron chi connectivity index (χ2n) is 7.69. The number of nitrogens with zero attached hydrogens (tertiary/aromatic N) is 5. The van der Waals surface area contributed by atoms with Crippen molar-refractivity contribution in [2.75, 3.05) is 17.7 Å². The van der Waals surface area contributed by atoms with Crippen LogP contribution in [-0.4, -0.2) is 37.5 Å². The molecule has 0 atom stereocenters. The van der Waals surface area contributed by atoms with Crippen molar-refractivity contribution in [1.82, 2.24) is 24.6 Å². The number of halogens is 2. The van der Waals surface area contributed by atoms with Gasteiger partial charge in [0, 0.05) is 60.4 Å². The van der Waals surface area contributed by atoms with Crippen molar-refractivity contribution in [2.45, 2.75) is 25.7 Å². The third-order valence-corrected chi connectivity index (χ3v) is 5.29. The zero-order valence-corrected chi connectivity index (χ0v) is 16.9. The van der Waals surface area contributed by atoms with E-state index in [2.05, 4.69) is 30.7 Å². The van der Waals surface area contributed by atoms with Crippen molar-refractivity contribution >= 4 is 34.0 Å². The number of carbonyl (C=O) groups is 1. The minimum Gasteiger partial charge on any atom is -0.373 e. The van der Waals surface area contributed by atoms with Gasteiger partial charge in [-0.25, -0.2) is 28.2 Å². The van der Waals surface area contributed by atoms with Gasteiger partial charge >= 0.3 is 0 Å². The molecular formula is C21H19F2N7O. The number of alkyl halides is 2. The molecule has 0 aromatic carbocycles. The highest BCUT2D eigenvalue weighted by molar-refractivity contribution is 6.03. The number of nitrogens with one attached hydrogen (secondary N) is 2. The van der Waals surface area contributed by atoms with E-state index >= 15 is 0 Å². The molecule has 1 amide bonds. The van der Waals surface area contributed by atoms with E-state index in [4.69, 9.17) is 0 Å². The summed E-state index contributed by atoms with van der Waals surface area (Å²) in [5.74, 6) is -1.60. The van der Waals surface area contributed by atoms with E-state index in [-0.39, 0.29) is 17.4 Å². The van der Waals surface area contributed by atoms with Crippen molar-refractivity contribution in [2.24, 2.45) is 5.92 Å². The lowest BCUT2D eigenvalue weighted by Gasteiger charge is -2.10. The molecule has 0 radical (unpaired) electrons. The standard InChI is InChI=1S/C21H19F2N7O/c1-21(22,23)12-5-6-17-28-19(29-30(17)10-12)15-9-26-18(24-2)14-8-25-16(7-13(14)15)27-20(31)11-3-4-11/h5-11H,3-4H2,1-2H3,(H,24,26)(H,25,27,31). The molecule has 0 unspecified atom stereocenters. The molecule has 1 saturated carbocycles. The summed E-state index contributed by atoms with van der Waals surface area (Å²) in [4.78, 5) is 25.4. The van der Waals surface area contributed by atoms with Crippen LogP contribution >= 0.6 is 0 Å². The Morgan fingerprint density at radius 2 is 2.00 bits per heavy atom. The van der Waals surface area contributed by atoms with Crippen molar-refractivity contribution in [1.29, 1.82) is 0 Å². The number of hydrogen-bond donors (Lipinski definition) is 2. The minimum atomic E-state index is -2.98. The van der Waals surface area contributed by atoms with Crippen LogP contribution in [0.1, 0.15) is 25.3 Å². The van der Waals surface area contributed by atoms with Crippen LogP contribution < -0.4 is 10.6 Å². The van der Waals surface area contributed by atoms with Crippen LogP contribution in [0.15, 0.2) is 36.8 Å². The van der Waals surface area contributed by atoms with Crippen molar-refractivity contribution in [3.8, 4) is 11.4 Å². The van der Waals surface area contributed by atoms with Crippen LogP contribution in [0.4, 0.5) is 20.4 Å². The molecule has 31 heavy (non-hydrogen) atoms. The number of aromatic nitrogens is 5. The number of carbonyl (C=O) groups excluding carboxylic acids is 1. The first-order chi connectivity index (χ1) is 14.8. The zero-order valence-electron chi connectivity index (χ0n) is 16.9. The van der Waals surface area contributed by atoms with Gasteiger partial charge in [-0.2, -0.15) is 0 Å². The summed E-state index contributed by atoms with van der Waals surface area (Å²) < 4.78 is 28.7. The van der Waals surface area contributed by atoms with Crippen molar-refractivity contribution < 1.29 is 13.6 Å². The summed E-state index contributed by atoms with van der Waals surface area (Å²) in [6, 6.07) is 4.60. The van der Waals surface area contributed by atoms with Gasteiger partial charge in [0.25, 0.3) is 5.92 Å². The van der Waals surface area contributed by atoms with E-state index in [1.54, 1.807) is 25.5 Å². The molecule has 4 aromatic heterocycles. The van der Waals surface area contributed by atoms with Crippen LogP contribution in [0.2, 0.25) is 0 Å². The average Bonchev–Trinajstić information content (AvgIpc) is 3.51. The van der Waals surface area contributed by atoms with Crippen LogP contribution in [0.25, 0.3) is 27.8 Å². The monoisotopic (exact) mass is 423 g/mol. The Hall–Kier alpha value is -3.69. The fourth-order valence-corrected chi connectivity index (χ4v) is 3.41. The Kier molecular flexibility index (Phi) is 4.31. The molecule has 1 aliphatic carbocycles. The van der Waals surface area contributed by atoms with Gasteiger partial charge in [0.15, 0.2) is 11.5 Å². The molecule has 10 heteroatoms. The molecule has 158 valence electrons. The second-order valence-corrected chi connectivity index (χ2v) is 7.69. The van der Waals surface area contributed by atoms with Gasteiger partial charge in [0.05, 0.1) is 0 Å². The molecule has 4 heterocycles. The molecule has 0 spiro atoms. The highest BCUT2D eigenvalue weighted by Gasteiger charge is 2.30. The number of pyridine rings is 3. The van der Waals surface area contributed by atoms with E-state index in [1.165, 1.54) is 22.8 Å². The normalized spacial score (nSPS) is 14.2. The van der Waals surface area contributed by atoms with Crippen LogP contribution in [-0.2, 0) is 10.7 Å². The van der Waals surface area contributed by atoms with Crippen LogP contribution in [0.3, 0.4) is 0 Å². The largest absolute Gasteiger partial charge is 0.373 e.